The highest BCUT2D eigenvalue weighted by Gasteiger charge is 2.37. The van der Waals surface area contributed by atoms with Crippen molar-refractivity contribution in [1.29, 1.82) is 0 Å². The molecule has 2 aliphatic rings. The summed E-state index contributed by atoms with van der Waals surface area (Å²) in [4.78, 5) is 0. The van der Waals surface area contributed by atoms with Gasteiger partial charge in [0.1, 0.15) is 0 Å². The Morgan fingerprint density at radius 3 is 2.54 bits per heavy atom. The first-order chi connectivity index (χ1) is 6.31. The molecule has 0 aromatic heterocycles. The van der Waals surface area contributed by atoms with Gasteiger partial charge in [-0.2, -0.15) is 0 Å². The van der Waals surface area contributed by atoms with E-state index in [0.29, 0.717) is 0 Å². The average molecular weight is 178 g/mol. The van der Waals surface area contributed by atoms with Crippen molar-refractivity contribution < 1.29 is 0 Å². The lowest BCUT2D eigenvalue weighted by molar-refractivity contribution is 0.174. The van der Waals surface area contributed by atoms with Gasteiger partial charge in [-0.15, -0.1) is 6.58 Å². The van der Waals surface area contributed by atoms with E-state index in [1.165, 1.54) is 38.5 Å². The summed E-state index contributed by atoms with van der Waals surface area (Å²) >= 11 is 0. The maximum atomic E-state index is 3.85. The van der Waals surface area contributed by atoms with Gasteiger partial charge in [-0.05, 0) is 62.2 Å². The van der Waals surface area contributed by atoms with Crippen molar-refractivity contribution in [2.24, 2.45) is 23.7 Å². The van der Waals surface area contributed by atoms with Crippen LogP contribution in [0.4, 0.5) is 0 Å². The molecule has 0 aliphatic heterocycles. The van der Waals surface area contributed by atoms with Crippen LogP contribution in [0, 0.1) is 23.7 Å². The number of hydrogen-bond donors (Lipinski definition) is 0. The molecule has 0 bridgehead atoms. The quantitative estimate of drug-likeness (QED) is 0.572. The lowest BCUT2D eigenvalue weighted by atomic mass is 9.72. The normalized spacial score (nSPS) is 40.2. The second-order valence-electron chi connectivity index (χ2n) is 5.18. The Balaban J connectivity index is 1.83. The SMILES string of the molecule is C=CCC1CCC(C2CC2)C(C)C1. The Labute approximate surface area is 82.4 Å². The van der Waals surface area contributed by atoms with E-state index in [4.69, 9.17) is 0 Å². The van der Waals surface area contributed by atoms with Crippen molar-refractivity contribution in [3.05, 3.63) is 12.7 Å². The van der Waals surface area contributed by atoms with Crippen LogP contribution in [0.15, 0.2) is 12.7 Å². The van der Waals surface area contributed by atoms with Crippen molar-refractivity contribution in [1.82, 2.24) is 0 Å². The molecule has 0 aromatic carbocycles. The predicted octanol–water partition coefficient (Wildman–Crippen LogP) is 4.02. The minimum Gasteiger partial charge on any atom is -0.103 e. The highest BCUT2D eigenvalue weighted by atomic mass is 14.4. The second-order valence-corrected chi connectivity index (χ2v) is 5.18. The minimum absolute atomic E-state index is 0.961. The van der Waals surface area contributed by atoms with Crippen LogP contribution in [0.25, 0.3) is 0 Å². The lowest BCUT2D eigenvalue weighted by Gasteiger charge is -2.34. The molecule has 2 fully saturated rings. The first kappa shape index (κ1) is 9.30. The zero-order valence-electron chi connectivity index (χ0n) is 8.84. The Kier molecular flexibility index (Phi) is 2.76. The van der Waals surface area contributed by atoms with E-state index >= 15 is 0 Å². The first-order valence-electron chi connectivity index (χ1n) is 5.92. The van der Waals surface area contributed by atoms with Crippen molar-refractivity contribution in [3.8, 4) is 0 Å². The third kappa shape index (κ3) is 2.15. The highest BCUT2D eigenvalue weighted by Crippen LogP contribution is 2.48. The van der Waals surface area contributed by atoms with Crippen LogP contribution < -0.4 is 0 Å². The summed E-state index contributed by atoms with van der Waals surface area (Å²) in [6.07, 6.45) is 10.9. The Morgan fingerprint density at radius 1 is 1.23 bits per heavy atom. The minimum atomic E-state index is 0.961. The third-order valence-electron chi connectivity index (χ3n) is 4.07. The van der Waals surface area contributed by atoms with Crippen molar-refractivity contribution in [2.45, 2.75) is 45.4 Å². The number of hydrogen-bond acceptors (Lipinski definition) is 0. The zero-order chi connectivity index (χ0) is 9.26. The summed E-state index contributed by atoms with van der Waals surface area (Å²) in [5.74, 6) is 4.16. The first-order valence-corrected chi connectivity index (χ1v) is 5.92. The largest absolute Gasteiger partial charge is 0.103 e. The monoisotopic (exact) mass is 178 g/mol. The standard InChI is InChI=1S/C13H22/c1-3-4-11-5-8-13(10(2)9-11)12-6-7-12/h3,10-13H,1,4-9H2,2H3. The fourth-order valence-corrected chi connectivity index (χ4v) is 3.21. The van der Waals surface area contributed by atoms with Gasteiger partial charge in [-0.3, -0.25) is 0 Å². The van der Waals surface area contributed by atoms with Gasteiger partial charge in [0, 0.05) is 0 Å². The van der Waals surface area contributed by atoms with Gasteiger partial charge < -0.3 is 0 Å². The molecule has 3 atom stereocenters. The van der Waals surface area contributed by atoms with E-state index in [9.17, 15) is 0 Å². The molecule has 0 N–H and O–H groups in total. The Morgan fingerprint density at radius 2 is 2.00 bits per heavy atom. The molecule has 0 radical (unpaired) electrons. The van der Waals surface area contributed by atoms with E-state index in [1.54, 1.807) is 0 Å². The maximum absolute atomic E-state index is 3.85. The molecule has 74 valence electrons. The van der Waals surface area contributed by atoms with E-state index in [1.807, 2.05) is 0 Å². The van der Waals surface area contributed by atoms with Gasteiger partial charge in [0.25, 0.3) is 0 Å². The van der Waals surface area contributed by atoms with Crippen LogP contribution in [0.5, 0.6) is 0 Å². The Hall–Kier alpha value is -0.260. The topological polar surface area (TPSA) is 0 Å². The third-order valence-corrected chi connectivity index (χ3v) is 4.07. The van der Waals surface area contributed by atoms with E-state index in [2.05, 4.69) is 19.6 Å². The molecule has 0 nitrogen and oxygen atoms in total. The molecule has 0 saturated heterocycles. The number of rotatable bonds is 3. The molecule has 13 heavy (non-hydrogen) atoms. The maximum Gasteiger partial charge on any atom is -0.0325 e. The van der Waals surface area contributed by atoms with E-state index in [-0.39, 0.29) is 0 Å². The summed E-state index contributed by atoms with van der Waals surface area (Å²) in [6, 6.07) is 0. The van der Waals surface area contributed by atoms with Crippen LogP contribution in [0.2, 0.25) is 0 Å². The molecular weight excluding hydrogens is 156 g/mol. The molecule has 2 rings (SSSR count). The fourth-order valence-electron chi connectivity index (χ4n) is 3.21. The van der Waals surface area contributed by atoms with Gasteiger partial charge in [0.2, 0.25) is 0 Å². The molecule has 2 aliphatic carbocycles. The second kappa shape index (κ2) is 3.86. The predicted molar refractivity (Wildman–Crippen MR) is 57.5 cm³/mol. The zero-order valence-corrected chi connectivity index (χ0v) is 8.84. The van der Waals surface area contributed by atoms with Crippen molar-refractivity contribution in [3.63, 3.8) is 0 Å². The fraction of sp³-hybridized carbons (Fsp3) is 0.846. The molecule has 0 aromatic rings. The van der Waals surface area contributed by atoms with Crippen molar-refractivity contribution >= 4 is 0 Å². The van der Waals surface area contributed by atoms with E-state index in [0.717, 1.165) is 23.7 Å². The van der Waals surface area contributed by atoms with Gasteiger partial charge >= 0.3 is 0 Å². The highest BCUT2D eigenvalue weighted by molar-refractivity contribution is 4.89. The van der Waals surface area contributed by atoms with Crippen LogP contribution in [-0.2, 0) is 0 Å². The van der Waals surface area contributed by atoms with Crippen LogP contribution in [0.3, 0.4) is 0 Å². The molecule has 2 saturated carbocycles. The summed E-state index contributed by atoms with van der Waals surface area (Å²) in [5.41, 5.74) is 0. The van der Waals surface area contributed by atoms with Gasteiger partial charge in [0.05, 0.1) is 0 Å². The van der Waals surface area contributed by atoms with Gasteiger partial charge in [-0.1, -0.05) is 13.0 Å². The molecular formula is C13H22. The van der Waals surface area contributed by atoms with Crippen LogP contribution in [-0.4, -0.2) is 0 Å². The Bertz CT molecular complexity index is 178. The smallest absolute Gasteiger partial charge is 0.0325 e. The molecule has 0 heterocycles. The lowest BCUT2D eigenvalue weighted by Crippen LogP contribution is -2.24. The number of allylic oxidation sites excluding steroid dienone is 1. The summed E-state index contributed by atoms with van der Waals surface area (Å²) in [7, 11) is 0. The molecule has 0 heteroatoms. The van der Waals surface area contributed by atoms with Gasteiger partial charge in [-0.25, -0.2) is 0 Å². The molecule has 3 unspecified atom stereocenters. The summed E-state index contributed by atoms with van der Waals surface area (Å²) in [5, 5.41) is 0. The van der Waals surface area contributed by atoms with Crippen LogP contribution >= 0.6 is 0 Å². The van der Waals surface area contributed by atoms with Gasteiger partial charge in [0.15, 0.2) is 0 Å². The van der Waals surface area contributed by atoms with Crippen LogP contribution in [0.1, 0.15) is 45.4 Å². The molecule has 0 amide bonds. The molecule has 0 spiro atoms. The summed E-state index contributed by atoms with van der Waals surface area (Å²) < 4.78 is 0. The average Bonchev–Trinajstić information content (AvgIpc) is 2.88. The van der Waals surface area contributed by atoms with E-state index < -0.39 is 0 Å². The summed E-state index contributed by atoms with van der Waals surface area (Å²) in [6.45, 7) is 6.32. The van der Waals surface area contributed by atoms with Crippen molar-refractivity contribution in [2.75, 3.05) is 0 Å².